The first-order valence-corrected chi connectivity index (χ1v) is 7.02. The van der Waals surface area contributed by atoms with Gasteiger partial charge in [-0.3, -0.25) is 0 Å². The summed E-state index contributed by atoms with van der Waals surface area (Å²) in [5, 5.41) is 0.777. The van der Waals surface area contributed by atoms with E-state index in [1.807, 2.05) is 12.1 Å². The van der Waals surface area contributed by atoms with Crippen molar-refractivity contribution < 1.29 is 0 Å². The molecular weight excluding hydrogens is 244 g/mol. The summed E-state index contributed by atoms with van der Waals surface area (Å²) in [7, 11) is 0. The molecule has 2 heterocycles. The zero-order valence-corrected chi connectivity index (χ0v) is 11.8. The van der Waals surface area contributed by atoms with Gasteiger partial charge in [0, 0.05) is 24.5 Å². The molecule has 2 nitrogen and oxygen atoms in total. The van der Waals surface area contributed by atoms with Gasteiger partial charge < -0.3 is 4.90 Å². The molecule has 1 fully saturated rings. The van der Waals surface area contributed by atoms with Gasteiger partial charge in [0.05, 0.1) is 5.69 Å². The normalized spacial score (nSPS) is 21.7. The second-order valence-electron chi connectivity index (χ2n) is 6.17. The van der Waals surface area contributed by atoms with E-state index in [0.29, 0.717) is 5.41 Å². The maximum Gasteiger partial charge on any atom is 0.106 e. The highest BCUT2D eigenvalue weighted by Gasteiger charge is 2.29. The number of aliphatic imine (C=N–C) groups is 1. The number of hydrogen-bond acceptors (Lipinski definition) is 2. The van der Waals surface area contributed by atoms with E-state index in [4.69, 9.17) is 16.6 Å². The SMILES string of the molecule is CC1(C)CCCN2Cc3ccc(Cl)cc3N=C2C1. The molecule has 0 saturated carbocycles. The molecule has 0 spiro atoms. The Morgan fingerprint density at radius 2 is 2.17 bits per heavy atom. The van der Waals surface area contributed by atoms with E-state index in [9.17, 15) is 0 Å². The molecule has 3 heteroatoms. The fourth-order valence-electron chi connectivity index (χ4n) is 2.91. The molecule has 0 N–H and O–H groups in total. The molecule has 0 bridgehead atoms. The van der Waals surface area contributed by atoms with Gasteiger partial charge in [-0.15, -0.1) is 0 Å². The van der Waals surface area contributed by atoms with Crippen LogP contribution in [-0.4, -0.2) is 17.3 Å². The minimum atomic E-state index is 0.365. The van der Waals surface area contributed by atoms with Gasteiger partial charge in [0.1, 0.15) is 5.84 Å². The van der Waals surface area contributed by atoms with Crippen LogP contribution in [0.1, 0.15) is 38.7 Å². The molecule has 0 aliphatic carbocycles. The number of fused-ring (bicyclic) bond motifs is 2. The summed E-state index contributed by atoms with van der Waals surface area (Å²) < 4.78 is 0. The maximum absolute atomic E-state index is 6.06. The molecule has 2 aliphatic rings. The third kappa shape index (κ3) is 2.26. The van der Waals surface area contributed by atoms with Gasteiger partial charge in [-0.05, 0) is 36.0 Å². The average Bonchev–Trinajstić information content (AvgIpc) is 2.42. The van der Waals surface area contributed by atoms with E-state index in [2.05, 4.69) is 24.8 Å². The van der Waals surface area contributed by atoms with Crippen LogP contribution in [0, 0.1) is 5.41 Å². The van der Waals surface area contributed by atoms with E-state index in [1.54, 1.807) is 0 Å². The van der Waals surface area contributed by atoms with Gasteiger partial charge in [-0.2, -0.15) is 0 Å². The zero-order chi connectivity index (χ0) is 12.8. The minimum absolute atomic E-state index is 0.365. The summed E-state index contributed by atoms with van der Waals surface area (Å²) in [5.74, 6) is 1.24. The first kappa shape index (κ1) is 12.0. The number of nitrogens with zero attached hydrogens (tertiary/aromatic N) is 2. The van der Waals surface area contributed by atoms with Crippen molar-refractivity contribution in [2.75, 3.05) is 6.54 Å². The van der Waals surface area contributed by atoms with Crippen molar-refractivity contribution in [3.8, 4) is 0 Å². The maximum atomic E-state index is 6.06. The third-order valence-electron chi connectivity index (χ3n) is 3.94. The Bertz CT molecular complexity index is 505. The van der Waals surface area contributed by atoms with Gasteiger partial charge in [0.25, 0.3) is 0 Å². The van der Waals surface area contributed by atoms with Crippen LogP contribution >= 0.6 is 11.6 Å². The monoisotopic (exact) mass is 262 g/mol. The van der Waals surface area contributed by atoms with E-state index >= 15 is 0 Å². The molecule has 0 aromatic heterocycles. The van der Waals surface area contributed by atoms with E-state index < -0.39 is 0 Å². The van der Waals surface area contributed by atoms with Crippen LogP contribution in [0.5, 0.6) is 0 Å². The molecule has 0 unspecified atom stereocenters. The highest BCUT2D eigenvalue weighted by Crippen LogP contribution is 2.36. The second kappa shape index (κ2) is 4.27. The number of benzene rings is 1. The molecule has 1 saturated heterocycles. The van der Waals surface area contributed by atoms with Gasteiger partial charge in [-0.1, -0.05) is 31.5 Å². The number of hydrogen-bond donors (Lipinski definition) is 0. The molecule has 0 radical (unpaired) electrons. The number of rotatable bonds is 0. The van der Waals surface area contributed by atoms with Crippen LogP contribution in [0.4, 0.5) is 5.69 Å². The van der Waals surface area contributed by atoms with Crippen LogP contribution in [0.15, 0.2) is 23.2 Å². The summed E-state index contributed by atoms with van der Waals surface area (Å²) in [5.41, 5.74) is 2.72. The Morgan fingerprint density at radius 1 is 1.33 bits per heavy atom. The third-order valence-corrected chi connectivity index (χ3v) is 4.18. The molecular formula is C15H19ClN2. The molecule has 2 aliphatic heterocycles. The molecule has 18 heavy (non-hydrogen) atoms. The van der Waals surface area contributed by atoms with Crippen molar-refractivity contribution in [3.63, 3.8) is 0 Å². The molecule has 3 rings (SSSR count). The lowest BCUT2D eigenvalue weighted by molar-refractivity contribution is 0.348. The van der Waals surface area contributed by atoms with Crippen LogP contribution in [-0.2, 0) is 6.54 Å². The van der Waals surface area contributed by atoms with Crippen LogP contribution in [0.2, 0.25) is 5.02 Å². The van der Waals surface area contributed by atoms with Crippen molar-refractivity contribution >= 4 is 23.1 Å². The Kier molecular flexibility index (Phi) is 2.86. The first-order valence-electron chi connectivity index (χ1n) is 6.64. The van der Waals surface area contributed by atoms with Crippen molar-refractivity contribution in [3.05, 3.63) is 28.8 Å². The van der Waals surface area contributed by atoms with E-state index in [0.717, 1.165) is 30.2 Å². The summed E-state index contributed by atoms with van der Waals surface area (Å²) >= 11 is 6.06. The minimum Gasteiger partial charge on any atom is -0.356 e. The Morgan fingerprint density at radius 3 is 3.00 bits per heavy atom. The number of amidine groups is 1. The Balaban J connectivity index is 2.00. The predicted molar refractivity (Wildman–Crippen MR) is 76.6 cm³/mol. The Labute approximate surface area is 114 Å². The van der Waals surface area contributed by atoms with Gasteiger partial charge in [0.2, 0.25) is 0 Å². The lowest BCUT2D eigenvalue weighted by Crippen LogP contribution is -2.33. The van der Waals surface area contributed by atoms with Crippen LogP contribution in [0.25, 0.3) is 0 Å². The lowest BCUT2D eigenvalue weighted by atomic mass is 9.85. The molecule has 96 valence electrons. The summed E-state index contributed by atoms with van der Waals surface area (Å²) in [6.45, 7) is 6.80. The van der Waals surface area contributed by atoms with E-state index in [1.165, 1.54) is 24.2 Å². The quantitative estimate of drug-likeness (QED) is 0.677. The van der Waals surface area contributed by atoms with Gasteiger partial charge in [0.15, 0.2) is 0 Å². The molecule has 1 aromatic carbocycles. The van der Waals surface area contributed by atoms with E-state index in [-0.39, 0.29) is 0 Å². The summed E-state index contributed by atoms with van der Waals surface area (Å²) in [6, 6.07) is 6.05. The molecule has 0 atom stereocenters. The highest BCUT2D eigenvalue weighted by atomic mass is 35.5. The largest absolute Gasteiger partial charge is 0.356 e. The topological polar surface area (TPSA) is 15.6 Å². The van der Waals surface area contributed by atoms with Crippen molar-refractivity contribution in [2.24, 2.45) is 10.4 Å². The smallest absolute Gasteiger partial charge is 0.106 e. The first-order chi connectivity index (χ1) is 8.53. The average molecular weight is 263 g/mol. The summed E-state index contributed by atoms with van der Waals surface area (Å²) in [6.07, 6.45) is 3.60. The van der Waals surface area contributed by atoms with Crippen molar-refractivity contribution in [1.29, 1.82) is 0 Å². The predicted octanol–water partition coefficient (Wildman–Crippen LogP) is 4.40. The standard InChI is InChI=1S/C15H19ClN2/c1-15(2)6-3-7-18-10-11-4-5-12(16)8-13(11)17-14(18)9-15/h4-5,8H,3,6-7,9-10H2,1-2H3. The molecule has 1 aromatic rings. The van der Waals surface area contributed by atoms with Crippen molar-refractivity contribution in [2.45, 2.75) is 39.7 Å². The fraction of sp³-hybridized carbons (Fsp3) is 0.533. The molecule has 0 amide bonds. The van der Waals surface area contributed by atoms with Crippen molar-refractivity contribution in [1.82, 2.24) is 4.90 Å². The number of halogens is 1. The van der Waals surface area contributed by atoms with Crippen LogP contribution in [0.3, 0.4) is 0 Å². The van der Waals surface area contributed by atoms with Crippen LogP contribution < -0.4 is 0 Å². The fourth-order valence-corrected chi connectivity index (χ4v) is 3.07. The van der Waals surface area contributed by atoms with Gasteiger partial charge >= 0.3 is 0 Å². The lowest BCUT2D eigenvalue weighted by Gasteiger charge is -2.31. The second-order valence-corrected chi connectivity index (χ2v) is 6.60. The zero-order valence-electron chi connectivity index (χ0n) is 11.0. The highest BCUT2D eigenvalue weighted by molar-refractivity contribution is 6.30. The Hall–Kier alpha value is -1.02. The summed E-state index contributed by atoms with van der Waals surface area (Å²) in [4.78, 5) is 7.28. The van der Waals surface area contributed by atoms with Gasteiger partial charge in [-0.25, -0.2) is 4.99 Å².